The highest BCUT2D eigenvalue weighted by molar-refractivity contribution is 7.20. The molecule has 0 aliphatic heterocycles. The van der Waals surface area contributed by atoms with Gasteiger partial charge in [0.2, 0.25) is 0 Å². The molecule has 2 heterocycles. The Morgan fingerprint density at radius 1 is 1.24 bits per heavy atom. The van der Waals surface area contributed by atoms with E-state index in [1.54, 1.807) is 0 Å². The summed E-state index contributed by atoms with van der Waals surface area (Å²) < 4.78 is 29.5. The van der Waals surface area contributed by atoms with Crippen molar-refractivity contribution < 1.29 is 28.3 Å². The van der Waals surface area contributed by atoms with Crippen LogP contribution < -0.4 is 21.4 Å². The van der Waals surface area contributed by atoms with Gasteiger partial charge in [0.1, 0.15) is 16.6 Å². The van der Waals surface area contributed by atoms with Gasteiger partial charge in [-0.2, -0.15) is 0 Å². The third-order valence-electron chi connectivity index (χ3n) is 4.48. The number of nitrogens with two attached hydrogens (primary N) is 1. The molecule has 0 unspecified atom stereocenters. The maximum Gasteiger partial charge on any atom is 0.334 e. The van der Waals surface area contributed by atoms with E-state index < -0.39 is 40.2 Å². The van der Waals surface area contributed by atoms with Gasteiger partial charge in [-0.25, -0.2) is 13.6 Å². The highest BCUT2D eigenvalue weighted by atomic mass is 32.1. The third-order valence-corrected chi connectivity index (χ3v) is 5.55. The number of nitrogens with one attached hydrogen (secondary N) is 1. The smallest absolute Gasteiger partial charge is 0.334 e. The van der Waals surface area contributed by atoms with Gasteiger partial charge in [0.15, 0.2) is 5.82 Å². The van der Waals surface area contributed by atoms with Gasteiger partial charge in [0, 0.05) is 17.4 Å². The lowest BCUT2D eigenvalue weighted by Gasteiger charge is -2.18. The minimum Gasteiger partial charge on any atom is -0.386 e. The standard InChI is InChI=1S/C21H20F2N4O5S/c1-4-17(29)32-27-16(28)6-5-15(26-27)25-20-11(19(24)30)9-14(33-20)18-12(22)7-10(8-13(18)23)21(2,3)31/h5-9,31H,4H2,1-3H3,(H2,24,30)(H,25,26). The van der Waals surface area contributed by atoms with Crippen molar-refractivity contribution in [2.45, 2.75) is 32.8 Å². The number of primary amides is 1. The fourth-order valence-corrected chi connectivity index (χ4v) is 3.87. The van der Waals surface area contributed by atoms with Gasteiger partial charge in [-0.1, -0.05) is 6.92 Å². The summed E-state index contributed by atoms with van der Waals surface area (Å²) in [6, 6.07) is 5.57. The van der Waals surface area contributed by atoms with Crippen LogP contribution in [0.4, 0.5) is 19.6 Å². The van der Waals surface area contributed by atoms with Gasteiger partial charge in [0.05, 0.1) is 16.7 Å². The Kier molecular flexibility index (Phi) is 6.60. The molecular formula is C21H20F2N4O5S. The summed E-state index contributed by atoms with van der Waals surface area (Å²) in [5.41, 5.74) is 2.81. The SMILES string of the molecule is CCC(=O)On1nc(Nc2sc(-c3c(F)cc(C(C)(C)O)cc3F)cc2C(N)=O)ccc1=O. The number of amides is 1. The topological polar surface area (TPSA) is 137 Å². The molecule has 0 spiro atoms. The molecule has 0 saturated carbocycles. The zero-order valence-corrected chi connectivity index (χ0v) is 18.6. The van der Waals surface area contributed by atoms with Gasteiger partial charge in [-0.15, -0.1) is 16.4 Å². The number of rotatable bonds is 7. The van der Waals surface area contributed by atoms with Crippen molar-refractivity contribution in [2.24, 2.45) is 5.73 Å². The number of anilines is 2. The van der Waals surface area contributed by atoms with Gasteiger partial charge in [0.25, 0.3) is 5.91 Å². The Balaban J connectivity index is 2.03. The summed E-state index contributed by atoms with van der Waals surface area (Å²) in [7, 11) is 0. The van der Waals surface area contributed by atoms with Crippen LogP contribution >= 0.6 is 11.3 Å². The molecule has 0 fully saturated rings. The van der Waals surface area contributed by atoms with Crippen LogP contribution in [-0.2, 0) is 10.4 Å². The second-order valence-corrected chi connectivity index (χ2v) is 8.52. The number of hydrogen-bond acceptors (Lipinski definition) is 8. The number of aliphatic hydroxyl groups is 1. The van der Waals surface area contributed by atoms with Crippen LogP contribution in [0.15, 0.2) is 35.1 Å². The molecule has 0 bridgehead atoms. The fraction of sp³-hybridized carbons (Fsp3) is 0.238. The van der Waals surface area contributed by atoms with E-state index in [1.807, 2.05) is 0 Å². The summed E-state index contributed by atoms with van der Waals surface area (Å²) in [5.74, 6) is -3.44. The second kappa shape index (κ2) is 9.08. The number of carbonyl (C=O) groups excluding carboxylic acids is 2. The molecule has 3 aromatic rings. The van der Waals surface area contributed by atoms with Gasteiger partial charge in [-0.3, -0.25) is 9.59 Å². The highest BCUT2D eigenvalue weighted by Gasteiger charge is 2.24. The van der Waals surface area contributed by atoms with Crippen molar-refractivity contribution in [3.8, 4) is 10.4 Å². The molecule has 3 rings (SSSR count). The first-order valence-corrected chi connectivity index (χ1v) is 10.5. The minimum atomic E-state index is -1.46. The molecule has 2 aromatic heterocycles. The number of carbonyl (C=O) groups is 2. The maximum absolute atomic E-state index is 14.8. The van der Waals surface area contributed by atoms with Crippen LogP contribution in [-0.4, -0.2) is 26.9 Å². The van der Waals surface area contributed by atoms with Crippen LogP contribution in [0.25, 0.3) is 10.4 Å². The monoisotopic (exact) mass is 478 g/mol. The first-order valence-electron chi connectivity index (χ1n) is 9.65. The van der Waals surface area contributed by atoms with E-state index in [0.29, 0.717) is 4.85 Å². The fourth-order valence-electron chi connectivity index (χ4n) is 2.76. The molecule has 1 aromatic carbocycles. The molecule has 0 aliphatic rings. The van der Waals surface area contributed by atoms with Crippen molar-refractivity contribution in [3.05, 3.63) is 63.4 Å². The molecule has 174 valence electrons. The lowest BCUT2D eigenvalue weighted by Crippen LogP contribution is -2.32. The minimum absolute atomic E-state index is 0.00715. The molecule has 0 radical (unpaired) electrons. The third kappa shape index (κ3) is 5.23. The Morgan fingerprint density at radius 2 is 1.88 bits per heavy atom. The van der Waals surface area contributed by atoms with Crippen molar-refractivity contribution >= 4 is 34.0 Å². The highest BCUT2D eigenvalue weighted by Crippen LogP contribution is 2.40. The van der Waals surface area contributed by atoms with Crippen molar-refractivity contribution in [1.29, 1.82) is 0 Å². The molecule has 1 amide bonds. The van der Waals surface area contributed by atoms with E-state index in [0.717, 1.165) is 29.5 Å². The molecule has 9 nitrogen and oxygen atoms in total. The van der Waals surface area contributed by atoms with Crippen molar-refractivity contribution in [1.82, 2.24) is 9.94 Å². The van der Waals surface area contributed by atoms with Crippen LogP contribution in [0.1, 0.15) is 43.1 Å². The molecule has 0 saturated heterocycles. The van der Waals surface area contributed by atoms with Crippen LogP contribution in [0.3, 0.4) is 0 Å². The molecular weight excluding hydrogens is 458 g/mol. The Bertz CT molecular complexity index is 1270. The predicted octanol–water partition coefficient (Wildman–Crippen LogP) is 2.69. The lowest BCUT2D eigenvalue weighted by atomic mass is 9.96. The summed E-state index contributed by atoms with van der Waals surface area (Å²) in [6.45, 7) is 4.32. The average molecular weight is 478 g/mol. The Labute approximate surface area is 190 Å². The normalized spacial score (nSPS) is 11.3. The number of aromatic nitrogens is 2. The summed E-state index contributed by atoms with van der Waals surface area (Å²) in [5, 5.41) is 16.7. The lowest BCUT2D eigenvalue weighted by molar-refractivity contribution is -0.146. The number of benzene rings is 1. The summed E-state index contributed by atoms with van der Waals surface area (Å²) in [6.07, 6.45) is 0.00919. The maximum atomic E-state index is 14.8. The Morgan fingerprint density at radius 3 is 2.42 bits per heavy atom. The van der Waals surface area contributed by atoms with E-state index in [2.05, 4.69) is 10.4 Å². The van der Waals surface area contributed by atoms with Crippen molar-refractivity contribution in [3.63, 3.8) is 0 Å². The molecule has 0 atom stereocenters. The van der Waals surface area contributed by atoms with E-state index in [1.165, 1.54) is 32.9 Å². The number of thiophene rings is 1. The second-order valence-electron chi connectivity index (χ2n) is 7.46. The quantitative estimate of drug-likeness (QED) is 0.475. The predicted molar refractivity (Wildman–Crippen MR) is 117 cm³/mol. The zero-order valence-electron chi connectivity index (χ0n) is 17.8. The molecule has 0 aliphatic carbocycles. The number of nitrogens with zero attached hydrogens (tertiary/aromatic N) is 2. The number of halogens is 2. The van der Waals surface area contributed by atoms with E-state index in [4.69, 9.17) is 10.6 Å². The van der Waals surface area contributed by atoms with Crippen LogP contribution in [0, 0.1) is 11.6 Å². The van der Waals surface area contributed by atoms with E-state index >= 15 is 0 Å². The van der Waals surface area contributed by atoms with Crippen LogP contribution in [0.2, 0.25) is 0 Å². The molecule has 4 N–H and O–H groups in total. The van der Waals surface area contributed by atoms with Gasteiger partial charge in [-0.05, 0) is 48.5 Å². The van der Waals surface area contributed by atoms with E-state index in [9.17, 15) is 28.3 Å². The van der Waals surface area contributed by atoms with E-state index in [-0.39, 0.29) is 33.2 Å². The summed E-state index contributed by atoms with van der Waals surface area (Å²) >= 11 is 0.816. The molecule has 12 heteroatoms. The Hall–Kier alpha value is -3.64. The van der Waals surface area contributed by atoms with Gasteiger partial charge >= 0.3 is 11.5 Å². The van der Waals surface area contributed by atoms with Crippen molar-refractivity contribution in [2.75, 3.05) is 5.32 Å². The molecule has 33 heavy (non-hydrogen) atoms. The largest absolute Gasteiger partial charge is 0.386 e. The first-order chi connectivity index (χ1) is 15.4. The average Bonchev–Trinajstić information content (AvgIpc) is 3.12. The first kappa shape index (κ1) is 24.0. The zero-order chi connectivity index (χ0) is 24.5. The summed E-state index contributed by atoms with van der Waals surface area (Å²) in [4.78, 5) is 40.6. The van der Waals surface area contributed by atoms with Gasteiger partial charge < -0.3 is 21.0 Å². The van der Waals surface area contributed by atoms with Crippen LogP contribution in [0.5, 0.6) is 0 Å². The number of hydrogen-bond donors (Lipinski definition) is 3.